The maximum absolute atomic E-state index is 10.3. The van der Waals surface area contributed by atoms with Gasteiger partial charge in [0.1, 0.15) is 73.9 Å². The van der Waals surface area contributed by atoms with Crippen LogP contribution in [0.5, 0.6) is 103 Å². The standard InChI is InChI=1S/6C21H28O4/c6*1-16-7-6-10-19(13-16)25-15-18(22)9-5-4-8-17-11-12-20(23-2)21(14-17)24-3/h6*6-7,10-14,18,22H,4-5,8-9,15H2,1-3H3/i2*2D3,3D3,4D2,15D2;4D2,8D2,15D2;3D3,4D2,15D2;2D3,4D2,15D2;4D2,15D2. The number of rotatable bonds is 60. The van der Waals surface area contributed by atoms with Gasteiger partial charge in [-0.1, -0.05) is 148 Å². The van der Waals surface area contributed by atoms with Gasteiger partial charge in [-0.25, -0.2) is 0 Å². The third kappa shape index (κ3) is 49.5. The Morgan fingerprint density at radius 2 is 0.367 bits per heavy atom. The fraction of sp³-hybridized carbons (Fsp3) is 0.429. The highest BCUT2D eigenvalue weighted by Gasteiger charge is 2.18. The van der Waals surface area contributed by atoms with E-state index in [1.165, 1.54) is 128 Å². The number of methoxy groups -OCH3 is 12. The molecule has 0 aliphatic rings. The normalized spacial score (nSPS) is 17.9. The van der Waals surface area contributed by atoms with Crippen molar-refractivity contribution in [2.75, 3.05) is 124 Å². The lowest BCUT2D eigenvalue weighted by Crippen LogP contribution is -2.17. The number of hydrogen-bond acceptors (Lipinski definition) is 24. The van der Waals surface area contributed by atoms with E-state index in [1.54, 1.807) is 133 Å². The Morgan fingerprint density at radius 3 is 0.553 bits per heavy atom. The first-order chi connectivity index (χ1) is 89.0. The molecular formula is C126H168O24. The molecule has 150 heavy (non-hydrogen) atoms. The van der Waals surface area contributed by atoms with Crippen LogP contribution in [0.2, 0.25) is 0 Å². The Morgan fingerprint density at radius 1 is 0.200 bits per heavy atom. The van der Waals surface area contributed by atoms with Gasteiger partial charge >= 0.3 is 0 Å². The van der Waals surface area contributed by atoms with Crippen molar-refractivity contribution >= 4 is 0 Å². The lowest BCUT2D eigenvalue weighted by molar-refractivity contribution is 0.0976. The summed E-state index contributed by atoms with van der Waals surface area (Å²) in [5, 5.41) is 61.9. The first kappa shape index (κ1) is 72.3. The van der Waals surface area contributed by atoms with E-state index in [9.17, 15) is 30.6 Å². The number of ether oxygens (including phenoxy) is 18. The van der Waals surface area contributed by atoms with Crippen molar-refractivity contribution in [2.45, 2.75) is 232 Å². The van der Waals surface area contributed by atoms with Crippen LogP contribution in [0.15, 0.2) is 255 Å². The van der Waals surface area contributed by atoms with Gasteiger partial charge in [0.2, 0.25) is 0 Å². The second kappa shape index (κ2) is 72.3. The molecule has 0 spiro atoms. The number of aliphatic hydroxyl groups is 6. The molecule has 0 aliphatic carbocycles. The number of aliphatic hydroxyl groups excluding tert-OH is 6. The second-order valence-corrected chi connectivity index (χ2v) is 33.4. The second-order valence-electron chi connectivity index (χ2n) is 33.4. The van der Waals surface area contributed by atoms with Gasteiger partial charge in [0, 0.05) is 19.2 Å². The minimum atomic E-state index is -2.89. The van der Waals surface area contributed by atoms with Crippen LogP contribution in [0.3, 0.4) is 0 Å². The molecule has 0 heterocycles. The number of hydrogen-bond donors (Lipinski definition) is 6. The molecular weight excluding hydrogens is 1900 g/mol. The van der Waals surface area contributed by atoms with Gasteiger partial charge in [-0.2, -0.15) is 0 Å². The van der Waals surface area contributed by atoms with E-state index >= 15 is 0 Å². The predicted octanol–water partition coefficient (Wildman–Crippen LogP) is 25.0. The van der Waals surface area contributed by atoms with Gasteiger partial charge in [-0.15, -0.1) is 0 Å². The maximum atomic E-state index is 10.3. The summed E-state index contributed by atoms with van der Waals surface area (Å²) in [5.41, 5.74) is 7.61. The van der Waals surface area contributed by atoms with Crippen LogP contribution in [0.25, 0.3) is 0 Å². The zero-order valence-corrected chi connectivity index (χ0v) is 86.3. The lowest BCUT2D eigenvalue weighted by atomic mass is 10.0. The molecule has 0 saturated heterocycles. The zero-order chi connectivity index (χ0) is 147. The summed E-state index contributed by atoms with van der Waals surface area (Å²) in [7, 11) is -8.18. The Bertz CT molecular complexity index is 7620. The Balaban J connectivity index is 0.000000310. The SMILES string of the molecule is [2H]C([2H])(CCC(O)C([2H])([2H])Oc1cccc(C)c1)Cc1ccc(OC([2H])([2H])[2H])c(OC([2H])([2H])[2H])c1.[2H]C([2H])(CCC(O)C([2H])([2H])Oc1cccc(C)c1)Cc1ccc(OC([2H])([2H])[2H])c(OC([2H])([2H])[2H])c1.[2H]C([2H])(CCC(O)C([2H])([2H])Oc1cccc(C)c1)Cc1ccc(OC([2H])([2H])[2H])c(OC)c1.[2H]C([2H])(CCC(O)C([2H])([2H])Oc1cccc(C)c1)Cc1ccc(OC)c(OC([2H])([2H])[2H])c1.[2H]C([2H])(CCC(O)C([2H])([2H])Oc1cccc(C)c1)Cc1ccc(OC)c(OC)c1.[2H]C([2H])(Oc1cccc(C)c1)C(O)CCC([2H])([2H])C([2H])([2H])c1ccc(OC)c(OC)c1. The van der Waals surface area contributed by atoms with Crippen LogP contribution in [0, 0.1) is 41.5 Å². The van der Waals surface area contributed by atoms with E-state index in [-0.39, 0.29) is 189 Å². The fourth-order valence-corrected chi connectivity index (χ4v) is 13.3. The van der Waals surface area contributed by atoms with Crippen molar-refractivity contribution in [3.8, 4) is 103 Å². The first-order valence-electron chi connectivity index (χ1n) is 69.8. The molecule has 0 amide bonds. The van der Waals surface area contributed by atoms with E-state index < -0.39 is 169 Å². The fourth-order valence-electron chi connectivity index (χ4n) is 13.3. The van der Waals surface area contributed by atoms with Crippen LogP contribution in [0.1, 0.15) is 242 Å². The van der Waals surface area contributed by atoms with E-state index in [1.807, 2.05) is 77.9 Å². The molecule has 6 atom stereocenters. The molecule has 12 aromatic carbocycles. The van der Waals surface area contributed by atoms with Crippen molar-refractivity contribution in [1.29, 1.82) is 0 Å². The highest BCUT2D eigenvalue weighted by Crippen LogP contribution is 2.36. The molecule has 6 unspecified atom stereocenters. The highest BCUT2D eigenvalue weighted by atomic mass is 16.5. The zero-order valence-electron chi connectivity index (χ0n) is 130. The van der Waals surface area contributed by atoms with E-state index in [0.717, 1.165) is 38.9 Å². The lowest BCUT2D eigenvalue weighted by Gasteiger charge is -2.13. The molecule has 0 fully saturated rings. The van der Waals surface area contributed by atoms with Gasteiger partial charge in [-0.05, 0) is 369 Å². The van der Waals surface area contributed by atoms with Gasteiger partial charge in [0.05, 0.1) is 163 Å². The van der Waals surface area contributed by atoms with Crippen LogP contribution in [-0.2, 0) is 38.5 Å². The van der Waals surface area contributed by atoms with Crippen LogP contribution in [-0.4, -0.2) is 192 Å². The van der Waals surface area contributed by atoms with Gasteiger partial charge < -0.3 is 116 Å². The third-order valence-corrected chi connectivity index (χ3v) is 21.2. The van der Waals surface area contributed by atoms with Crippen molar-refractivity contribution < 1.29 is 176 Å². The highest BCUT2D eigenvalue weighted by molar-refractivity contribution is 5.48. The predicted molar refractivity (Wildman–Crippen MR) is 599 cm³/mol. The summed E-state index contributed by atoms with van der Waals surface area (Å²) < 4.78 is 434. The maximum Gasteiger partial charge on any atom is 0.160 e. The number of aryl methyl sites for hydroxylation is 12. The Labute approximate surface area is 954 Å². The molecule has 12 rings (SSSR count). The van der Waals surface area contributed by atoms with Crippen molar-refractivity contribution in [3.63, 3.8) is 0 Å². The van der Waals surface area contributed by atoms with Crippen molar-refractivity contribution in [1.82, 2.24) is 0 Å². The van der Waals surface area contributed by atoms with Crippen molar-refractivity contribution in [2.24, 2.45) is 0 Å². The molecule has 24 nitrogen and oxygen atoms in total. The average Bonchev–Trinajstić information content (AvgIpc) is 0.770. The van der Waals surface area contributed by atoms with Crippen LogP contribution in [0.4, 0.5) is 0 Å². The van der Waals surface area contributed by atoms with Gasteiger partial charge in [-0.3, -0.25) is 0 Å². The van der Waals surface area contributed by atoms with Gasteiger partial charge in [0.25, 0.3) is 0 Å². The van der Waals surface area contributed by atoms with E-state index in [4.69, 9.17) is 146 Å². The molecule has 6 N–H and O–H groups in total. The molecule has 0 aromatic heterocycles. The van der Waals surface area contributed by atoms with Crippen LogP contribution >= 0.6 is 0 Å². The molecule has 0 radical (unpaired) electrons. The molecule has 0 aliphatic heterocycles. The number of benzene rings is 12. The minimum Gasteiger partial charge on any atom is -0.493 e. The summed E-state index contributed by atoms with van der Waals surface area (Å²) in [5.74, 6) is 2.28. The average molecular weight is 2110 g/mol. The quantitative estimate of drug-likeness (QED) is 0.0206. The molecule has 12 aromatic rings. The minimum absolute atomic E-state index is 0.0220. The monoisotopic (exact) mass is 2110 g/mol. The first-order valence-corrected chi connectivity index (χ1v) is 47.8. The van der Waals surface area contributed by atoms with E-state index in [0.29, 0.717) is 45.3 Å². The topological polar surface area (TPSA) is 288 Å². The molecule has 0 bridgehead atoms. The summed E-state index contributed by atoms with van der Waals surface area (Å²) in [6, 6.07) is 66.4. The summed E-state index contributed by atoms with van der Waals surface area (Å²) in [4.78, 5) is 0. The summed E-state index contributed by atoms with van der Waals surface area (Å²) in [6.45, 7) is -3.53. The summed E-state index contributed by atoms with van der Waals surface area (Å²) in [6.07, 6.45) is -26.4. The molecule has 816 valence electrons. The van der Waals surface area contributed by atoms with Crippen molar-refractivity contribution in [3.05, 3.63) is 322 Å². The molecule has 0 saturated carbocycles. The smallest absolute Gasteiger partial charge is 0.160 e. The van der Waals surface area contributed by atoms with Crippen LogP contribution < -0.4 is 85.3 Å². The largest absolute Gasteiger partial charge is 0.493 e. The summed E-state index contributed by atoms with van der Waals surface area (Å²) >= 11 is 0. The Hall–Kier alpha value is -13.2. The molecule has 24 heteroatoms. The Kier molecular flexibility index (Phi) is 34.8. The third-order valence-electron chi connectivity index (χ3n) is 21.2. The van der Waals surface area contributed by atoms with E-state index in [2.05, 4.69) is 0 Å². The van der Waals surface area contributed by atoms with Gasteiger partial charge in [0.15, 0.2) is 69.0 Å².